The Morgan fingerprint density at radius 2 is 2.07 bits per heavy atom. The Kier molecular flexibility index (Phi) is 4.32. The van der Waals surface area contributed by atoms with Crippen molar-refractivity contribution in [3.63, 3.8) is 0 Å². The lowest BCUT2D eigenvalue weighted by Gasteiger charge is -1.91. The number of hydrogen-bond acceptors (Lipinski definition) is 3. The van der Waals surface area contributed by atoms with E-state index in [2.05, 4.69) is 17.2 Å². The van der Waals surface area contributed by atoms with Gasteiger partial charge in [0.1, 0.15) is 0 Å². The quantitative estimate of drug-likeness (QED) is 0.352. The maximum Gasteiger partial charge on any atom is 0.269 e. The van der Waals surface area contributed by atoms with Crippen molar-refractivity contribution in [3.05, 3.63) is 39.9 Å². The maximum atomic E-state index is 10.4. The van der Waals surface area contributed by atoms with Gasteiger partial charge in [0.05, 0.1) is 4.92 Å². The van der Waals surface area contributed by atoms with E-state index in [4.69, 9.17) is 0 Å². The Bertz CT molecular complexity index is 387. The fraction of sp³-hybridized carbons (Fsp3) is 0.273. The first-order chi connectivity index (χ1) is 7.24. The Labute approximate surface area is 88.5 Å². The fourth-order valence-corrected chi connectivity index (χ4v) is 1.02. The molecule has 4 heteroatoms. The van der Waals surface area contributed by atoms with Crippen molar-refractivity contribution >= 4 is 5.69 Å². The molecule has 15 heavy (non-hydrogen) atoms. The molecule has 0 spiro atoms. The molecule has 0 heterocycles. The van der Waals surface area contributed by atoms with Crippen LogP contribution in [0.4, 0.5) is 5.69 Å². The topological polar surface area (TPSA) is 55.2 Å². The van der Waals surface area contributed by atoms with E-state index in [-0.39, 0.29) is 5.69 Å². The molecule has 4 nitrogen and oxygen atoms in total. The van der Waals surface area contributed by atoms with Crippen molar-refractivity contribution in [1.82, 2.24) is 5.32 Å². The third-order valence-electron chi connectivity index (χ3n) is 1.81. The minimum Gasteiger partial charge on any atom is -0.319 e. The van der Waals surface area contributed by atoms with Gasteiger partial charge in [0.25, 0.3) is 5.69 Å². The molecule has 0 saturated carbocycles. The molecular weight excluding hydrogens is 192 g/mol. The van der Waals surface area contributed by atoms with Gasteiger partial charge in [-0.05, 0) is 19.2 Å². The van der Waals surface area contributed by atoms with E-state index in [9.17, 15) is 10.1 Å². The molecule has 0 aliphatic carbocycles. The summed E-state index contributed by atoms with van der Waals surface area (Å²) in [5, 5.41) is 13.4. The van der Waals surface area contributed by atoms with Gasteiger partial charge in [-0.25, -0.2) is 0 Å². The van der Waals surface area contributed by atoms with Gasteiger partial charge in [-0.3, -0.25) is 10.1 Å². The summed E-state index contributed by atoms with van der Waals surface area (Å²) in [5.74, 6) is 5.90. The Hall–Kier alpha value is -1.86. The van der Waals surface area contributed by atoms with Crippen LogP contribution >= 0.6 is 0 Å². The van der Waals surface area contributed by atoms with Crippen LogP contribution in [0.5, 0.6) is 0 Å². The number of nitrogens with zero attached hydrogens (tertiary/aromatic N) is 1. The minimum absolute atomic E-state index is 0.0933. The molecule has 0 aliphatic heterocycles. The second-order valence-electron chi connectivity index (χ2n) is 2.96. The highest BCUT2D eigenvalue weighted by Crippen LogP contribution is 2.10. The first-order valence-corrected chi connectivity index (χ1v) is 4.62. The van der Waals surface area contributed by atoms with Crippen molar-refractivity contribution < 1.29 is 4.92 Å². The smallest absolute Gasteiger partial charge is 0.269 e. The fourth-order valence-electron chi connectivity index (χ4n) is 1.02. The number of rotatable bonds is 3. The van der Waals surface area contributed by atoms with E-state index in [0.29, 0.717) is 0 Å². The van der Waals surface area contributed by atoms with Gasteiger partial charge in [0.15, 0.2) is 0 Å². The van der Waals surface area contributed by atoms with Crippen molar-refractivity contribution in [2.45, 2.75) is 6.42 Å². The van der Waals surface area contributed by atoms with Gasteiger partial charge in [0.2, 0.25) is 0 Å². The molecule has 0 fully saturated rings. The van der Waals surface area contributed by atoms with Gasteiger partial charge in [-0.1, -0.05) is 11.8 Å². The lowest BCUT2D eigenvalue weighted by atomic mass is 10.2. The van der Waals surface area contributed by atoms with E-state index in [1.165, 1.54) is 12.1 Å². The van der Waals surface area contributed by atoms with Crippen LogP contribution in [0.25, 0.3) is 0 Å². The van der Waals surface area contributed by atoms with Gasteiger partial charge in [0, 0.05) is 30.7 Å². The third-order valence-corrected chi connectivity index (χ3v) is 1.81. The molecule has 1 rings (SSSR count). The summed E-state index contributed by atoms with van der Waals surface area (Å²) in [6, 6.07) is 6.24. The Balaban J connectivity index is 2.63. The SMILES string of the molecule is CNCCC#Cc1ccc([N+](=O)[O-])cc1. The highest BCUT2D eigenvalue weighted by Gasteiger charge is 2.01. The monoisotopic (exact) mass is 204 g/mol. The summed E-state index contributed by atoms with van der Waals surface area (Å²) < 4.78 is 0. The molecule has 0 aliphatic rings. The highest BCUT2D eigenvalue weighted by molar-refractivity contribution is 5.40. The van der Waals surface area contributed by atoms with Crippen LogP contribution in [0, 0.1) is 22.0 Å². The van der Waals surface area contributed by atoms with E-state index in [1.807, 2.05) is 7.05 Å². The molecule has 0 saturated heterocycles. The van der Waals surface area contributed by atoms with Crippen LogP contribution in [0.15, 0.2) is 24.3 Å². The molecule has 78 valence electrons. The number of nitro benzene ring substituents is 1. The molecule has 1 aromatic rings. The number of nitrogens with one attached hydrogen (secondary N) is 1. The number of nitro groups is 1. The van der Waals surface area contributed by atoms with Crippen LogP contribution in [0.1, 0.15) is 12.0 Å². The standard InChI is InChI=1S/C11H12N2O2/c1-12-9-3-2-4-10-5-7-11(8-6-10)13(14)15/h5-8,12H,3,9H2,1H3. The lowest BCUT2D eigenvalue weighted by molar-refractivity contribution is -0.384. The summed E-state index contributed by atoms with van der Waals surface area (Å²) in [7, 11) is 1.87. The predicted octanol–water partition coefficient (Wildman–Crippen LogP) is 1.56. The molecule has 0 bridgehead atoms. The molecule has 1 N–H and O–H groups in total. The first kappa shape index (κ1) is 11.2. The van der Waals surface area contributed by atoms with Crippen LogP contribution < -0.4 is 5.32 Å². The van der Waals surface area contributed by atoms with Gasteiger partial charge in [-0.2, -0.15) is 0 Å². The van der Waals surface area contributed by atoms with Gasteiger partial charge < -0.3 is 5.32 Å². The number of hydrogen-bond donors (Lipinski definition) is 1. The van der Waals surface area contributed by atoms with Crippen LogP contribution in [0.2, 0.25) is 0 Å². The lowest BCUT2D eigenvalue weighted by Crippen LogP contribution is -2.05. The molecule has 0 radical (unpaired) electrons. The predicted molar refractivity (Wildman–Crippen MR) is 58.5 cm³/mol. The van der Waals surface area contributed by atoms with Crippen molar-refractivity contribution in [3.8, 4) is 11.8 Å². The van der Waals surface area contributed by atoms with Crippen molar-refractivity contribution in [2.24, 2.45) is 0 Å². The molecule has 0 aromatic heterocycles. The molecule has 0 unspecified atom stereocenters. The van der Waals surface area contributed by atoms with E-state index in [0.717, 1.165) is 18.5 Å². The summed E-state index contributed by atoms with van der Waals surface area (Å²) >= 11 is 0. The molecule has 0 atom stereocenters. The number of benzene rings is 1. The zero-order chi connectivity index (χ0) is 11.1. The second-order valence-corrected chi connectivity index (χ2v) is 2.96. The van der Waals surface area contributed by atoms with E-state index in [1.54, 1.807) is 12.1 Å². The van der Waals surface area contributed by atoms with Crippen LogP contribution in [-0.4, -0.2) is 18.5 Å². The Morgan fingerprint density at radius 1 is 1.40 bits per heavy atom. The first-order valence-electron chi connectivity index (χ1n) is 4.62. The molecule has 0 amide bonds. The molecular formula is C11H12N2O2. The van der Waals surface area contributed by atoms with E-state index < -0.39 is 4.92 Å². The Morgan fingerprint density at radius 3 is 2.60 bits per heavy atom. The van der Waals surface area contributed by atoms with E-state index >= 15 is 0 Å². The average Bonchev–Trinajstić information content (AvgIpc) is 2.25. The number of non-ortho nitro benzene ring substituents is 1. The highest BCUT2D eigenvalue weighted by atomic mass is 16.6. The summed E-state index contributed by atoms with van der Waals surface area (Å²) in [6.07, 6.45) is 0.771. The largest absolute Gasteiger partial charge is 0.319 e. The van der Waals surface area contributed by atoms with Crippen LogP contribution in [0.3, 0.4) is 0 Å². The summed E-state index contributed by atoms with van der Waals surface area (Å²) in [6.45, 7) is 0.847. The second kappa shape index (κ2) is 5.78. The summed E-state index contributed by atoms with van der Waals surface area (Å²) in [4.78, 5) is 9.95. The summed E-state index contributed by atoms with van der Waals surface area (Å²) in [5.41, 5.74) is 0.896. The third kappa shape index (κ3) is 3.79. The van der Waals surface area contributed by atoms with Crippen molar-refractivity contribution in [1.29, 1.82) is 0 Å². The van der Waals surface area contributed by atoms with Crippen molar-refractivity contribution in [2.75, 3.05) is 13.6 Å². The minimum atomic E-state index is -0.418. The zero-order valence-electron chi connectivity index (χ0n) is 8.49. The average molecular weight is 204 g/mol. The maximum absolute atomic E-state index is 10.4. The van der Waals surface area contributed by atoms with Crippen LogP contribution in [-0.2, 0) is 0 Å². The van der Waals surface area contributed by atoms with Gasteiger partial charge in [-0.15, -0.1) is 0 Å². The molecule has 1 aromatic carbocycles. The zero-order valence-corrected chi connectivity index (χ0v) is 8.49. The van der Waals surface area contributed by atoms with Gasteiger partial charge >= 0.3 is 0 Å². The normalized spacial score (nSPS) is 9.13.